The fourth-order valence-electron chi connectivity index (χ4n) is 1.69. The standard InChI is InChI=1S/C13H13ClN2O/c1-3-16-7-6-15-13(16)12(17)10-4-5-11(14)9(2)8-10/h4-8H,3H2,1-2H3. The number of rotatable bonds is 3. The van der Waals surface area contributed by atoms with Crippen molar-refractivity contribution in [2.24, 2.45) is 0 Å². The van der Waals surface area contributed by atoms with E-state index in [0.717, 1.165) is 12.1 Å². The highest BCUT2D eigenvalue weighted by atomic mass is 35.5. The normalized spacial score (nSPS) is 10.5. The van der Waals surface area contributed by atoms with Gasteiger partial charge in [0.25, 0.3) is 0 Å². The molecule has 88 valence electrons. The molecule has 0 atom stereocenters. The topological polar surface area (TPSA) is 34.9 Å². The lowest BCUT2D eigenvalue weighted by atomic mass is 10.1. The van der Waals surface area contributed by atoms with Gasteiger partial charge in [-0.05, 0) is 37.6 Å². The second-order valence-electron chi connectivity index (χ2n) is 3.83. The zero-order valence-corrected chi connectivity index (χ0v) is 10.5. The summed E-state index contributed by atoms with van der Waals surface area (Å²) >= 11 is 5.94. The van der Waals surface area contributed by atoms with Crippen molar-refractivity contribution in [2.45, 2.75) is 20.4 Å². The van der Waals surface area contributed by atoms with Crippen LogP contribution >= 0.6 is 11.6 Å². The van der Waals surface area contributed by atoms with Crippen molar-refractivity contribution >= 4 is 17.4 Å². The Bertz CT molecular complexity index is 560. The molecule has 0 spiro atoms. The van der Waals surface area contributed by atoms with Crippen molar-refractivity contribution in [1.82, 2.24) is 9.55 Å². The van der Waals surface area contributed by atoms with Crippen molar-refractivity contribution < 1.29 is 4.79 Å². The van der Waals surface area contributed by atoms with Gasteiger partial charge < -0.3 is 4.57 Å². The summed E-state index contributed by atoms with van der Waals surface area (Å²) in [5, 5.41) is 0.667. The predicted molar refractivity (Wildman–Crippen MR) is 67.5 cm³/mol. The molecule has 17 heavy (non-hydrogen) atoms. The Morgan fingerprint density at radius 1 is 1.47 bits per heavy atom. The minimum absolute atomic E-state index is 0.0726. The van der Waals surface area contributed by atoms with Gasteiger partial charge in [0.15, 0.2) is 5.82 Å². The van der Waals surface area contributed by atoms with Crippen molar-refractivity contribution in [2.75, 3.05) is 0 Å². The minimum atomic E-state index is -0.0726. The van der Waals surface area contributed by atoms with Crippen LogP contribution in [0.5, 0.6) is 0 Å². The van der Waals surface area contributed by atoms with E-state index in [-0.39, 0.29) is 5.78 Å². The largest absolute Gasteiger partial charge is 0.328 e. The van der Waals surface area contributed by atoms with Crippen LogP contribution in [0.1, 0.15) is 28.7 Å². The number of imidazole rings is 1. The molecule has 0 saturated heterocycles. The summed E-state index contributed by atoms with van der Waals surface area (Å²) in [4.78, 5) is 16.3. The van der Waals surface area contributed by atoms with Crippen molar-refractivity contribution in [3.63, 3.8) is 0 Å². The third-order valence-corrected chi connectivity index (χ3v) is 3.10. The van der Waals surface area contributed by atoms with Crippen LogP contribution in [-0.4, -0.2) is 15.3 Å². The maximum atomic E-state index is 12.2. The summed E-state index contributed by atoms with van der Waals surface area (Å²) in [7, 11) is 0. The number of benzene rings is 1. The highest BCUT2D eigenvalue weighted by Crippen LogP contribution is 2.18. The van der Waals surface area contributed by atoms with Gasteiger partial charge in [0.2, 0.25) is 5.78 Å². The fraction of sp³-hybridized carbons (Fsp3) is 0.231. The van der Waals surface area contributed by atoms with Crippen LogP contribution in [-0.2, 0) is 6.54 Å². The van der Waals surface area contributed by atoms with Crippen molar-refractivity contribution in [3.05, 3.63) is 52.6 Å². The summed E-state index contributed by atoms with van der Waals surface area (Å²) < 4.78 is 1.83. The number of hydrogen-bond acceptors (Lipinski definition) is 2. The average Bonchev–Trinajstić information content (AvgIpc) is 2.80. The quantitative estimate of drug-likeness (QED) is 0.783. The van der Waals surface area contributed by atoms with Gasteiger partial charge in [-0.25, -0.2) is 4.98 Å². The zero-order valence-electron chi connectivity index (χ0n) is 9.77. The Balaban J connectivity index is 2.40. The Labute approximate surface area is 105 Å². The Morgan fingerprint density at radius 3 is 2.88 bits per heavy atom. The van der Waals surface area contributed by atoms with E-state index in [2.05, 4.69) is 4.98 Å². The van der Waals surface area contributed by atoms with E-state index in [1.165, 1.54) is 0 Å². The number of aryl methyl sites for hydroxylation is 2. The first-order valence-corrected chi connectivity index (χ1v) is 5.83. The van der Waals surface area contributed by atoms with Gasteiger partial charge in [0.1, 0.15) is 0 Å². The van der Waals surface area contributed by atoms with Crippen molar-refractivity contribution in [1.29, 1.82) is 0 Å². The molecule has 0 bridgehead atoms. The van der Waals surface area contributed by atoms with E-state index >= 15 is 0 Å². The molecule has 1 aromatic carbocycles. The van der Waals surface area contributed by atoms with E-state index in [9.17, 15) is 4.79 Å². The molecule has 0 unspecified atom stereocenters. The Morgan fingerprint density at radius 2 is 2.24 bits per heavy atom. The summed E-state index contributed by atoms with van der Waals surface area (Å²) in [6, 6.07) is 5.26. The smallest absolute Gasteiger partial charge is 0.228 e. The van der Waals surface area contributed by atoms with Gasteiger partial charge in [-0.1, -0.05) is 11.6 Å². The Kier molecular flexibility index (Phi) is 3.29. The molecule has 0 fully saturated rings. The summed E-state index contributed by atoms with van der Waals surface area (Å²) in [6.45, 7) is 4.59. The first-order chi connectivity index (χ1) is 8.13. The number of ketones is 1. The van der Waals surface area contributed by atoms with Crippen LogP contribution in [0.4, 0.5) is 0 Å². The van der Waals surface area contributed by atoms with Gasteiger partial charge in [-0.2, -0.15) is 0 Å². The average molecular weight is 249 g/mol. The van der Waals surface area contributed by atoms with Gasteiger partial charge in [0, 0.05) is 29.5 Å². The van der Waals surface area contributed by atoms with E-state index < -0.39 is 0 Å². The molecule has 3 nitrogen and oxygen atoms in total. The molecule has 0 aliphatic carbocycles. The molecule has 4 heteroatoms. The number of carbonyl (C=O) groups is 1. The lowest BCUT2D eigenvalue weighted by Gasteiger charge is -2.05. The van der Waals surface area contributed by atoms with Gasteiger partial charge in [0.05, 0.1) is 0 Å². The third kappa shape index (κ3) is 2.24. The van der Waals surface area contributed by atoms with Crippen LogP contribution in [0.15, 0.2) is 30.6 Å². The maximum Gasteiger partial charge on any atom is 0.228 e. The molecule has 2 aromatic rings. The SMILES string of the molecule is CCn1ccnc1C(=O)c1ccc(Cl)c(C)c1. The molecular formula is C13H13ClN2O. The number of hydrogen-bond donors (Lipinski definition) is 0. The monoisotopic (exact) mass is 248 g/mol. The zero-order chi connectivity index (χ0) is 12.4. The van der Waals surface area contributed by atoms with E-state index in [0.29, 0.717) is 16.4 Å². The highest BCUT2D eigenvalue weighted by molar-refractivity contribution is 6.31. The summed E-state index contributed by atoms with van der Waals surface area (Å²) in [5.41, 5.74) is 1.51. The first kappa shape index (κ1) is 11.9. The van der Waals surface area contributed by atoms with Crippen LogP contribution in [0.25, 0.3) is 0 Å². The maximum absolute atomic E-state index is 12.2. The van der Waals surface area contributed by atoms with E-state index in [1.807, 2.05) is 18.4 Å². The van der Waals surface area contributed by atoms with Gasteiger partial charge in [-0.15, -0.1) is 0 Å². The second kappa shape index (κ2) is 4.72. The summed E-state index contributed by atoms with van der Waals surface area (Å²) in [5.74, 6) is 0.394. The Hall–Kier alpha value is -1.61. The first-order valence-electron chi connectivity index (χ1n) is 5.45. The molecule has 0 N–H and O–H groups in total. The minimum Gasteiger partial charge on any atom is -0.328 e. The number of carbonyl (C=O) groups excluding carboxylic acids is 1. The lowest BCUT2D eigenvalue weighted by Crippen LogP contribution is -2.10. The molecule has 0 aliphatic heterocycles. The van der Waals surface area contributed by atoms with Crippen LogP contribution in [0.2, 0.25) is 5.02 Å². The van der Waals surface area contributed by atoms with E-state index in [4.69, 9.17) is 11.6 Å². The molecule has 1 heterocycles. The molecule has 0 saturated carbocycles. The summed E-state index contributed by atoms with van der Waals surface area (Å²) in [6.07, 6.45) is 3.44. The van der Waals surface area contributed by atoms with Crippen LogP contribution in [0, 0.1) is 6.92 Å². The second-order valence-corrected chi connectivity index (χ2v) is 4.24. The lowest BCUT2D eigenvalue weighted by molar-refractivity contribution is 0.102. The predicted octanol–water partition coefficient (Wildman–Crippen LogP) is 3.10. The van der Waals surface area contributed by atoms with Crippen LogP contribution < -0.4 is 0 Å². The van der Waals surface area contributed by atoms with Gasteiger partial charge >= 0.3 is 0 Å². The molecule has 0 radical (unpaired) electrons. The fourth-order valence-corrected chi connectivity index (χ4v) is 1.81. The third-order valence-electron chi connectivity index (χ3n) is 2.68. The molecule has 2 rings (SSSR count). The molecule has 0 amide bonds. The van der Waals surface area contributed by atoms with E-state index in [1.54, 1.807) is 30.6 Å². The highest BCUT2D eigenvalue weighted by Gasteiger charge is 2.14. The molecule has 1 aromatic heterocycles. The number of nitrogens with zero attached hydrogens (tertiary/aromatic N) is 2. The number of aromatic nitrogens is 2. The van der Waals surface area contributed by atoms with Crippen LogP contribution in [0.3, 0.4) is 0 Å². The molecule has 0 aliphatic rings. The molecular weight excluding hydrogens is 236 g/mol. The van der Waals surface area contributed by atoms with Gasteiger partial charge in [-0.3, -0.25) is 4.79 Å². The van der Waals surface area contributed by atoms with Crippen molar-refractivity contribution in [3.8, 4) is 0 Å². The number of halogens is 1.